The SMILES string of the molecule is Nc1cnc(N)c(C(=O)N2CCC2)c1. The highest BCUT2D eigenvalue weighted by Gasteiger charge is 2.23. The third-order valence-electron chi connectivity index (χ3n) is 2.31. The molecule has 1 aromatic heterocycles. The molecule has 0 spiro atoms. The fourth-order valence-corrected chi connectivity index (χ4v) is 1.35. The molecule has 2 heterocycles. The Morgan fingerprint density at radius 3 is 2.71 bits per heavy atom. The molecule has 74 valence electrons. The first-order valence-electron chi connectivity index (χ1n) is 4.49. The monoisotopic (exact) mass is 192 g/mol. The van der Waals surface area contributed by atoms with Crippen molar-refractivity contribution < 1.29 is 4.79 Å². The number of anilines is 2. The highest BCUT2D eigenvalue weighted by molar-refractivity contribution is 5.99. The maximum absolute atomic E-state index is 11.8. The normalized spacial score (nSPS) is 15.0. The third-order valence-corrected chi connectivity index (χ3v) is 2.31. The molecular formula is C9H12N4O. The van der Waals surface area contributed by atoms with Crippen LogP contribution in [0, 0.1) is 0 Å². The van der Waals surface area contributed by atoms with Gasteiger partial charge in [-0.25, -0.2) is 4.98 Å². The molecule has 1 amide bonds. The summed E-state index contributed by atoms with van der Waals surface area (Å²) in [7, 11) is 0. The van der Waals surface area contributed by atoms with Crippen molar-refractivity contribution in [3.8, 4) is 0 Å². The summed E-state index contributed by atoms with van der Waals surface area (Å²) in [5, 5.41) is 0. The molecule has 0 atom stereocenters. The summed E-state index contributed by atoms with van der Waals surface area (Å²) in [5.41, 5.74) is 12.0. The van der Waals surface area contributed by atoms with Crippen molar-refractivity contribution in [3.63, 3.8) is 0 Å². The molecule has 0 aromatic carbocycles. The minimum Gasteiger partial charge on any atom is -0.397 e. The Balaban J connectivity index is 2.29. The molecule has 2 rings (SSSR count). The average Bonchev–Trinajstić information content (AvgIpc) is 2.06. The summed E-state index contributed by atoms with van der Waals surface area (Å²) in [6, 6.07) is 1.57. The van der Waals surface area contributed by atoms with Crippen LogP contribution in [0.5, 0.6) is 0 Å². The van der Waals surface area contributed by atoms with Gasteiger partial charge in [-0.1, -0.05) is 0 Å². The summed E-state index contributed by atoms with van der Waals surface area (Å²) < 4.78 is 0. The topological polar surface area (TPSA) is 85.2 Å². The maximum Gasteiger partial charge on any atom is 0.257 e. The van der Waals surface area contributed by atoms with Gasteiger partial charge in [-0.3, -0.25) is 4.79 Å². The minimum atomic E-state index is -0.0754. The summed E-state index contributed by atoms with van der Waals surface area (Å²) in [6.45, 7) is 1.60. The predicted molar refractivity (Wildman–Crippen MR) is 53.6 cm³/mol. The summed E-state index contributed by atoms with van der Waals surface area (Å²) in [4.78, 5) is 17.3. The second kappa shape index (κ2) is 3.17. The van der Waals surface area contributed by atoms with Crippen LogP contribution in [0.1, 0.15) is 16.8 Å². The number of hydrogen-bond acceptors (Lipinski definition) is 4. The van der Waals surface area contributed by atoms with Crippen molar-refractivity contribution in [2.24, 2.45) is 0 Å². The molecule has 14 heavy (non-hydrogen) atoms. The highest BCUT2D eigenvalue weighted by atomic mass is 16.2. The van der Waals surface area contributed by atoms with Crippen molar-refractivity contribution in [3.05, 3.63) is 17.8 Å². The summed E-state index contributed by atoms with van der Waals surface area (Å²) >= 11 is 0. The van der Waals surface area contributed by atoms with Crippen molar-refractivity contribution in [1.82, 2.24) is 9.88 Å². The van der Waals surface area contributed by atoms with Gasteiger partial charge in [0.1, 0.15) is 5.82 Å². The highest BCUT2D eigenvalue weighted by Crippen LogP contribution is 2.18. The molecule has 5 nitrogen and oxygen atoms in total. The predicted octanol–water partition coefficient (Wildman–Crippen LogP) is 0.0919. The zero-order valence-electron chi connectivity index (χ0n) is 7.73. The van der Waals surface area contributed by atoms with Gasteiger partial charge >= 0.3 is 0 Å². The molecule has 1 saturated heterocycles. The fourth-order valence-electron chi connectivity index (χ4n) is 1.35. The van der Waals surface area contributed by atoms with Gasteiger partial charge in [-0.15, -0.1) is 0 Å². The van der Waals surface area contributed by atoms with Crippen LogP contribution in [0.2, 0.25) is 0 Å². The number of pyridine rings is 1. The third kappa shape index (κ3) is 1.37. The lowest BCUT2D eigenvalue weighted by Gasteiger charge is -2.31. The van der Waals surface area contributed by atoms with Gasteiger partial charge < -0.3 is 16.4 Å². The Labute approximate surface area is 81.7 Å². The number of amides is 1. The van der Waals surface area contributed by atoms with E-state index >= 15 is 0 Å². The molecule has 0 bridgehead atoms. The summed E-state index contributed by atoms with van der Waals surface area (Å²) in [5.74, 6) is 0.171. The Bertz CT molecular complexity index is 373. The maximum atomic E-state index is 11.8. The number of carbonyl (C=O) groups is 1. The lowest BCUT2D eigenvalue weighted by atomic mass is 10.1. The molecule has 0 saturated carbocycles. The van der Waals surface area contributed by atoms with Crippen LogP contribution >= 0.6 is 0 Å². The van der Waals surface area contributed by atoms with E-state index in [1.54, 1.807) is 11.0 Å². The number of nitrogens with zero attached hydrogens (tertiary/aromatic N) is 2. The van der Waals surface area contributed by atoms with E-state index in [4.69, 9.17) is 11.5 Å². The van der Waals surface area contributed by atoms with Crippen LogP contribution in [0.3, 0.4) is 0 Å². The number of rotatable bonds is 1. The minimum absolute atomic E-state index is 0.0754. The Morgan fingerprint density at radius 2 is 2.14 bits per heavy atom. The smallest absolute Gasteiger partial charge is 0.257 e. The van der Waals surface area contributed by atoms with Crippen LogP contribution in [-0.4, -0.2) is 28.9 Å². The van der Waals surface area contributed by atoms with Crippen LogP contribution in [-0.2, 0) is 0 Å². The second-order valence-electron chi connectivity index (χ2n) is 3.35. The van der Waals surface area contributed by atoms with E-state index in [2.05, 4.69) is 4.98 Å². The van der Waals surface area contributed by atoms with Crippen molar-refractivity contribution in [2.75, 3.05) is 24.6 Å². The largest absolute Gasteiger partial charge is 0.397 e. The first kappa shape index (κ1) is 8.80. The van der Waals surface area contributed by atoms with Crippen molar-refractivity contribution in [1.29, 1.82) is 0 Å². The Morgan fingerprint density at radius 1 is 1.43 bits per heavy atom. The van der Waals surface area contributed by atoms with Gasteiger partial charge in [0.25, 0.3) is 5.91 Å². The van der Waals surface area contributed by atoms with Crippen LogP contribution < -0.4 is 11.5 Å². The van der Waals surface area contributed by atoms with Gasteiger partial charge in [-0.2, -0.15) is 0 Å². The molecule has 0 unspecified atom stereocenters. The molecule has 4 N–H and O–H groups in total. The molecule has 0 aliphatic carbocycles. The quantitative estimate of drug-likeness (QED) is 0.660. The average molecular weight is 192 g/mol. The lowest BCUT2D eigenvalue weighted by molar-refractivity contribution is 0.0652. The molecular weight excluding hydrogens is 180 g/mol. The Kier molecular flexibility index (Phi) is 1.99. The van der Waals surface area contributed by atoms with E-state index in [1.807, 2.05) is 0 Å². The van der Waals surface area contributed by atoms with Crippen LogP contribution in [0.4, 0.5) is 11.5 Å². The van der Waals surface area contributed by atoms with E-state index in [9.17, 15) is 4.79 Å². The first-order valence-corrected chi connectivity index (χ1v) is 4.49. The van der Waals surface area contributed by atoms with E-state index < -0.39 is 0 Å². The van der Waals surface area contributed by atoms with Crippen LogP contribution in [0.15, 0.2) is 12.3 Å². The number of nitrogen functional groups attached to an aromatic ring is 2. The van der Waals surface area contributed by atoms with Gasteiger partial charge in [0.05, 0.1) is 17.4 Å². The lowest BCUT2D eigenvalue weighted by Crippen LogP contribution is -2.42. The molecule has 1 aliphatic heterocycles. The zero-order chi connectivity index (χ0) is 10.1. The van der Waals surface area contributed by atoms with E-state index in [0.29, 0.717) is 11.3 Å². The number of nitrogens with two attached hydrogens (primary N) is 2. The van der Waals surface area contributed by atoms with Gasteiger partial charge in [0.2, 0.25) is 0 Å². The Hall–Kier alpha value is -1.78. The summed E-state index contributed by atoms with van der Waals surface area (Å²) in [6.07, 6.45) is 2.50. The fraction of sp³-hybridized carbons (Fsp3) is 0.333. The molecule has 1 aromatic rings. The van der Waals surface area contributed by atoms with Crippen molar-refractivity contribution >= 4 is 17.4 Å². The molecule has 1 aliphatic rings. The number of carbonyl (C=O) groups excluding carboxylic acids is 1. The number of hydrogen-bond donors (Lipinski definition) is 2. The van der Waals surface area contributed by atoms with Crippen LogP contribution in [0.25, 0.3) is 0 Å². The molecule has 0 radical (unpaired) electrons. The van der Waals surface area contributed by atoms with E-state index in [-0.39, 0.29) is 11.7 Å². The van der Waals surface area contributed by atoms with E-state index in [1.165, 1.54) is 6.20 Å². The standard InChI is InChI=1S/C9H12N4O/c10-6-4-7(8(11)12-5-6)9(14)13-2-1-3-13/h4-5H,1-3,10H2,(H2,11,12). The van der Waals surface area contributed by atoms with Crippen molar-refractivity contribution in [2.45, 2.75) is 6.42 Å². The van der Waals surface area contributed by atoms with E-state index in [0.717, 1.165) is 19.5 Å². The van der Waals surface area contributed by atoms with Gasteiger partial charge in [0, 0.05) is 13.1 Å². The van der Waals surface area contributed by atoms with Gasteiger partial charge in [-0.05, 0) is 12.5 Å². The van der Waals surface area contributed by atoms with Gasteiger partial charge in [0.15, 0.2) is 0 Å². The zero-order valence-corrected chi connectivity index (χ0v) is 7.73. The first-order chi connectivity index (χ1) is 6.68. The number of aromatic nitrogens is 1. The molecule has 1 fully saturated rings. The second-order valence-corrected chi connectivity index (χ2v) is 3.35. The number of likely N-dealkylation sites (tertiary alicyclic amines) is 1. The molecule has 5 heteroatoms.